The molecule has 3 aromatic rings. The normalized spacial score (nSPS) is 13.7. The maximum Gasteiger partial charge on any atom is 0.322 e. The van der Waals surface area contributed by atoms with Crippen molar-refractivity contribution in [2.75, 3.05) is 42.3 Å². The van der Waals surface area contributed by atoms with Crippen molar-refractivity contribution in [3.8, 4) is 0 Å². The molecule has 0 radical (unpaired) electrons. The molecule has 156 valence electrons. The van der Waals surface area contributed by atoms with Crippen molar-refractivity contribution in [2.45, 2.75) is 13.8 Å². The van der Waals surface area contributed by atoms with Gasteiger partial charge in [0.15, 0.2) is 17.5 Å². The Balaban J connectivity index is 1.45. The number of aromatic nitrogens is 4. The van der Waals surface area contributed by atoms with E-state index < -0.39 is 0 Å². The molecule has 1 saturated heterocycles. The number of hydrogen-bond donors (Lipinski definition) is 4. The molecule has 2 amide bonds. The largest absolute Gasteiger partial charge is 0.378 e. The van der Waals surface area contributed by atoms with Crippen LogP contribution in [0.1, 0.15) is 11.3 Å². The molecular weight excluding hydrogens is 384 g/mol. The Kier molecular flexibility index (Phi) is 5.75. The SMILES string of the molecule is Cc1cc(Nc2cncc(Nc3ccc(C)c(NC(=O)N4CCOCC4)c3)n2)n[nH]1. The number of carbonyl (C=O) groups is 1. The maximum absolute atomic E-state index is 12.5. The maximum atomic E-state index is 12.5. The van der Waals surface area contributed by atoms with E-state index in [-0.39, 0.29) is 6.03 Å². The number of hydrogen-bond acceptors (Lipinski definition) is 7. The van der Waals surface area contributed by atoms with E-state index >= 15 is 0 Å². The van der Waals surface area contributed by atoms with Crippen molar-refractivity contribution >= 4 is 34.9 Å². The Bertz CT molecular complexity index is 1030. The van der Waals surface area contributed by atoms with E-state index in [0.29, 0.717) is 43.8 Å². The molecule has 2 aromatic heterocycles. The van der Waals surface area contributed by atoms with Gasteiger partial charge in [-0.15, -0.1) is 0 Å². The van der Waals surface area contributed by atoms with E-state index in [2.05, 4.69) is 36.1 Å². The topological polar surface area (TPSA) is 120 Å². The summed E-state index contributed by atoms with van der Waals surface area (Å²) >= 11 is 0. The number of anilines is 5. The molecule has 0 spiro atoms. The first kappa shape index (κ1) is 19.6. The molecule has 0 atom stereocenters. The molecule has 0 aliphatic carbocycles. The summed E-state index contributed by atoms with van der Waals surface area (Å²) in [7, 11) is 0. The van der Waals surface area contributed by atoms with Gasteiger partial charge in [-0.3, -0.25) is 10.1 Å². The van der Waals surface area contributed by atoms with Crippen LogP contribution in [0.5, 0.6) is 0 Å². The fourth-order valence-electron chi connectivity index (χ4n) is 3.04. The van der Waals surface area contributed by atoms with Crippen LogP contribution in [0.3, 0.4) is 0 Å². The quantitative estimate of drug-likeness (QED) is 0.512. The molecule has 1 aliphatic rings. The number of nitrogens with one attached hydrogen (secondary N) is 4. The summed E-state index contributed by atoms with van der Waals surface area (Å²) in [6.45, 7) is 6.19. The molecule has 0 saturated carbocycles. The Labute approximate surface area is 174 Å². The van der Waals surface area contributed by atoms with Crippen LogP contribution in [0, 0.1) is 13.8 Å². The number of urea groups is 1. The second kappa shape index (κ2) is 8.78. The molecule has 10 nitrogen and oxygen atoms in total. The highest BCUT2D eigenvalue weighted by Gasteiger charge is 2.17. The third kappa shape index (κ3) is 4.84. The van der Waals surface area contributed by atoms with Gasteiger partial charge in [0.25, 0.3) is 0 Å². The van der Waals surface area contributed by atoms with Crippen LogP contribution in [0.2, 0.25) is 0 Å². The highest BCUT2D eigenvalue weighted by atomic mass is 16.5. The molecule has 1 aliphatic heterocycles. The Morgan fingerprint density at radius 3 is 2.57 bits per heavy atom. The third-order valence-corrected chi connectivity index (χ3v) is 4.65. The fraction of sp³-hybridized carbons (Fsp3) is 0.300. The summed E-state index contributed by atoms with van der Waals surface area (Å²) in [5, 5.41) is 16.3. The van der Waals surface area contributed by atoms with Gasteiger partial charge in [-0.05, 0) is 31.5 Å². The number of H-pyrrole nitrogens is 1. The number of morpholine rings is 1. The van der Waals surface area contributed by atoms with Gasteiger partial charge in [0.1, 0.15) is 0 Å². The van der Waals surface area contributed by atoms with Gasteiger partial charge in [0.2, 0.25) is 0 Å². The average Bonchev–Trinajstić information content (AvgIpc) is 3.16. The molecule has 1 fully saturated rings. The number of carbonyl (C=O) groups excluding carboxylic acids is 1. The first-order chi connectivity index (χ1) is 14.6. The molecule has 3 heterocycles. The molecule has 30 heavy (non-hydrogen) atoms. The Morgan fingerprint density at radius 2 is 1.83 bits per heavy atom. The van der Waals surface area contributed by atoms with E-state index in [1.54, 1.807) is 17.3 Å². The van der Waals surface area contributed by atoms with Gasteiger partial charge in [0, 0.05) is 36.2 Å². The molecular formula is C20H24N8O2. The number of rotatable bonds is 5. The summed E-state index contributed by atoms with van der Waals surface area (Å²) in [6.07, 6.45) is 3.26. The van der Waals surface area contributed by atoms with Crippen molar-refractivity contribution < 1.29 is 9.53 Å². The van der Waals surface area contributed by atoms with E-state index in [4.69, 9.17) is 4.74 Å². The number of aryl methyl sites for hydroxylation is 2. The minimum absolute atomic E-state index is 0.126. The van der Waals surface area contributed by atoms with Crippen LogP contribution in [-0.4, -0.2) is 57.4 Å². The zero-order valence-corrected chi connectivity index (χ0v) is 16.9. The monoisotopic (exact) mass is 408 g/mol. The second-order valence-electron chi connectivity index (χ2n) is 7.04. The second-order valence-corrected chi connectivity index (χ2v) is 7.04. The van der Waals surface area contributed by atoms with Crippen molar-refractivity contribution in [1.29, 1.82) is 0 Å². The van der Waals surface area contributed by atoms with Crippen molar-refractivity contribution in [1.82, 2.24) is 25.1 Å². The smallest absolute Gasteiger partial charge is 0.322 e. The Morgan fingerprint density at radius 1 is 1.07 bits per heavy atom. The summed E-state index contributed by atoms with van der Waals surface area (Å²) < 4.78 is 5.30. The van der Waals surface area contributed by atoms with Gasteiger partial charge in [0.05, 0.1) is 25.6 Å². The lowest BCUT2D eigenvalue weighted by Crippen LogP contribution is -2.43. The van der Waals surface area contributed by atoms with Crippen LogP contribution in [-0.2, 0) is 4.74 Å². The average molecular weight is 408 g/mol. The standard InChI is InChI=1S/C20H24N8O2/c1-13-3-4-15(10-16(13)23-20(29)28-5-7-30-8-6-28)22-18-11-21-12-19(25-18)24-17-9-14(2)26-27-17/h3-4,9-12H,5-8H2,1-2H3,(H,23,29)(H3,22,24,25,26,27). The van der Waals surface area contributed by atoms with Crippen LogP contribution in [0.25, 0.3) is 0 Å². The zero-order valence-electron chi connectivity index (χ0n) is 16.9. The van der Waals surface area contributed by atoms with Gasteiger partial charge in [-0.2, -0.15) is 5.10 Å². The molecule has 4 rings (SSSR count). The van der Waals surface area contributed by atoms with Gasteiger partial charge < -0.3 is 25.6 Å². The lowest BCUT2D eigenvalue weighted by atomic mass is 10.2. The molecule has 10 heteroatoms. The van der Waals surface area contributed by atoms with Crippen molar-refractivity contribution in [3.05, 3.63) is 47.9 Å². The predicted octanol–water partition coefficient (Wildman–Crippen LogP) is 3.17. The van der Waals surface area contributed by atoms with E-state index in [1.807, 2.05) is 38.1 Å². The van der Waals surface area contributed by atoms with Crippen LogP contribution < -0.4 is 16.0 Å². The third-order valence-electron chi connectivity index (χ3n) is 4.65. The van der Waals surface area contributed by atoms with E-state index in [9.17, 15) is 4.79 Å². The van der Waals surface area contributed by atoms with Gasteiger partial charge in [-0.1, -0.05) is 6.07 Å². The van der Waals surface area contributed by atoms with Crippen LogP contribution in [0.4, 0.5) is 33.6 Å². The highest BCUT2D eigenvalue weighted by Crippen LogP contribution is 2.24. The van der Waals surface area contributed by atoms with E-state index in [0.717, 1.165) is 22.6 Å². The Hall–Kier alpha value is -3.66. The summed E-state index contributed by atoms with van der Waals surface area (Å²) in [5.41, 5.74) is 3.45. The van der Waals surface area contributed by atoms with Gasteiger partial charge >= 0.3 is 6.03 Å². The van der Waals surface area contributed by atoms with E-state index in [1.165, 1.54) is 0 Å². The van der Waals surface area contributed by atoms with Crippen molar-refractivity contribution in [3.63, 3.8) is 0 Å². The van der Waals surface area contributed by atoms with Crippen LogP contribution in [0.15, 0.2) is 36.7 Å². The van der Waals surface area contributed by atoms with Crippen molar-refractivity contribution in [2.24, 2.45) is 0 Å². The zero-order chi connectivity index (χ0) is 20.9. The number of benzene rings is 1. The molecule has 1 aromatic carbocycles. The first-order valence-electron chi connectivity index (χ1n) is 9.69. The minimum atomic E-state index is -0.126. The summed E-state index contributed by atoms with van der Waals surface area (Å²) in [4.78, 5) is 23.0. The number of nitrogens with zero attached hydrogens (tertiary/aromatic N) is 4. The van der Waals surface area contributed by atoms with Gasteiger partial charge in [-0.25, -0.2) is 9.78 Å². The molecule has 0 unspecified atom stereocenters. The lowest BCUT2D eigenvalue weighted by Gasteiger charge is -2.27. The minimum Gasteiger partial charge on any atom is -0.378 e. The highest BCUT2D eigenvalue weighted by molar-refractivity contribution is 5.91. The molecule has 4 N–H and O–H groups in total. The summed E-state index contributed by atoms with van der Waals surface area (Å²) in [6, 6.07) is 7.51. The van der Waals surface area contributed by atoms with Crippen LogP contribution >= 0.6 is 0 Å². The number of ether oxygens (including phenoxy) is 1. The first-order valence-corrected chi connectivity index (χ1v) is 9.69. The lowest BCUT2D eigenvalue weighted by molar-refractivity contribution is 0.0564. The fourth-order valence-corrected chi connectivity index (χ4v) is 3.04. The summed E-state index contributed by atoms with van der Waals surface area (Å²) in [5.74, 6) is 1.81. The number of amides is 2. The predicted molar refractivity (Wildman–Crippen MR) is 115 cm³/mol. The number of aromatic amines is 1. The molecule has 0 bridgehead atoms.